The highest BCUT2D eigenvalue weighted by molar-refractivity contribution is 6.31. The second kappa shape index (κ2) is 5.67. The number of hydrogen-bond donors (Lipinski definition) is 1. The Labute approximate surface area is 106 Å². The molecule has 1 aromatic heterocycles. The van der Waals surface area contributed by atoms with Crippen molar-refractivity contribution in [3.05, 3.63) is 22.8 Å². The summed E-state index contributed by atoms with van der Waals surface area (Å²) in [7, 11) is 1.69. The van der Waals surface area contributed by atoms with Crippen molar-refractivity contribution in [2.45, 2.75) is 25.5 Å². The number of methoxy groups -OCH3 is 1. The summed E-state index contributed by atoms with van der Waals surface area (Å²) in [6, 6.07) is 4.25. The van der Waals surface area contributed by atoms with Crippen LogP contribution in [0.15, 0.2) is 12.1 Å². The first kappa shape index (κ1) is 12.6. The van der Waals surface area contributed by atoms with Crippen LogP contribution in [0.3, 0.4) is 0 Å². The standard InChI is InChI=1S/C12H17ClN2O2/c1-17-7-6-15(9-2-3-9)12-5-4-10(13)11(8-16)14-12/h4-5,9,16H,2-3,6-8H2,1H3. The van der Waals surface area contributed by atoms with E-state index >= 15 is 0 Å². The van der Waals surface area contributed by atoms with Gasteiger partial charge in [0.1, 0.15) is 5.82 Å². The second-order valence-corrected chi connectivity index (χ2v) is 4.58. The number of anilines is 1. The summed E-state index contributed by atoms with van der Waals surface area (Å²) >= 11 is 5.93. The van der Waals surface area contributed by atoms with Crippen LogP contribution in [0.5, 0.6) is 0 Å². The normalized spacial score (nSPS) is 15.0. The van der Waals surface area contributed by atoms with Gasteiger partial charge in [0, 0.05) is 19.7 Å². The van der Waals surface area contributed by atoms with Crippen molar-refractivity contribution >= 4 is 17.4 Å². The molecule has 0 spiro atoms. The van der Waals surface area contributed by atoms with Crippen molar-refractivity contribution in [3.63, 3.8) is 0 Å². The van der Waals surface area contributed by atoms with Gasteiger partial charge < -0.3 is 14.7 Å². The molecule has 1 saturated carbocycles. The molecule has 2 rings (SSSR count). The van der Waals surface area contributed by atoms with Crippen LogP contribution in [-0.4, -0.2) is 36.4 Å². The Bertz CT molecular complexity index is 383. The Morgan fingerprint density at radius 3 is 2.88 bits per heavy atom. The molecule has 0 aliphatic heterocycles. The molecule has 0 unspecified atom stereocenters. The average Bonchev–Trinajstić information content (AvgIpc) is 3.16. The van der Waals surface area contributed by atoms with Gasteiger partial charge in [-0.3, -0.25) is 0 Å². The number of nitrogens with zero attached hydrogens (tertiary/aromatic N) is 2. The predicted molar refractivity (Wildman–Crippen MR) is 67.4 cm³/mol. The third kappa shape index (κ3) is 3.09. The van der Waals surface area contributed by atoms with E-state index < -0.39 is 0 Å². The van der Waals surface area contributed by atoms with Crippen molar-refractivity contribution in [1.82, 2.24) is 4.98 Å². The lowest BCUT2D eigenvalue weighted by molar-refractivity contribution is 0.204. The summed E-state index contributed by atoms with van der Waals surface area (Å²) in [5.41, 5.74) is 0.534. The summed E-state index contributed by atoms with van der Waals surface area (Å²) in [6.07, 6.45) is 2.39. The first-order chi connectivity index (χ1) is 8.26. The minimum atomic E-state index is -0.130. The highest BCUT2D eigenvalue weighted by Gasteiger charge is 2.29. The molecule has 1 heterocycles. The van der Waals surface area contributed by atoms with Crippen molar-refractivity contribution in [2.75, 3.05) is 25.2 Å². The lowest BCUT2D eigenvalue weighted by Gasteiger charge is -2.23. The van der Waals surface area contributed by atoms with Gasteiger partial charge in [-0.1, -0.05) is 11.6 Å². The van der Waals surface area contributed by atoms with E-state index in [0.717, 1.165) is 12.4 Å². The molecule has 94 valence electrons. The summed E-state index contributed by atoms with van der Waals surface area (Å²) in [5, 5.41) is 9.68. The molecule has 0 aromatic carbocycles. The highest BCUT2D eigenvalue weighted by atomic mass is 35.5. The molecule has 17 heavy (non-hydrogen) atoms. The summed E-state index contributed by atoms with van der Waals surface area (Å²) in [5.74, 6) is 0.873. The Balaban J connectivity index is 2.16. The van der Waals surface area contributed by atoms with E-state index in [4.69, 9.17) is 21.4 Å². The lowest BCUT2D eigenvalue weighted by atomic mass is 10.3. The molecule has 1 fully saturated rings. The predicted octanol–water partition coefficient (Wildman–Crippen LogP) is 1.84. The summed E-state index contributed by atoms with van der Waals surface area (Å²) in [6.45, 7) is 1.37. The van der Waals surface area contributed by atoms with Gasteiger partial charge in [-0.05, 0) is 25.0 Å². The number of hydrogen-bond acceptors (Lipinski definition) is 4. The van der Waals surface area contributed by atoms with Gasteiger partial charge in [0.15, 0.2) is 0 Å². The van der Waals surface area contributed by atoms with Crippen LogP contribution in [0.4, 0.5) is 5.82 Å². The van der Waals surface area contributed by atoms with Gasteiger partial charge in [-0.15, -0.1) is 0 Å². The third-order valence-corrected chi connectivity index (χ3v) is 3.22. The molecular formula is C12H17ClN2O2. The smallest absolute Gasteiger partial charge is 0.129 e. The molecule has 1 aliphatic carbocycles. The van der Waals surface area contributed by atoms with Crippen LogP contribution in [0, 0.1) is 0 Å². The van der Waals surface area contributed by atoms with Gasteiger partial charge in [0.25, 0.3) is 0 Å². The Morgan fingerprint density at radius 1 is 1.53 bits per heavy atom. The first-order valence-corrected chi connectivity index (χ1v) is 6.16. The molecule has 0 atom stereocenters. The highest BCUT2D eigenvalue weighted by Crippen LogP contribution is 2.31. The number of aromatic nitrogens is 1. The zero-order chi connectivity index (χ0) is 12.3. The number of ether oxygens (including phenoxy) is 1. The maximum Gasteiger partial charge on any atom is 0.129 e. The van der Waals surface area contributed by atoms with Crippen LogP contribution < -0.4 is 4.90 Å². The number of aliphatic hydroxyl groups is 1. The minimum Gasteiger partial charge on any atom is -0.390 e. The molecular weight excluding hydrogens is 240 g/mol. The van der Waals surface area contributed by atoms with E-state index in [2.05, 4.69) is 9.88 Å². The zero-order valence-corrected chi connectivity index (χ0v) is 10.7. The summed E-state index contributed by atoms with van der Waals surface area (Å²) < 4.78 is 5.11. The van der Waals surface area contributed by atoms with Gasteiger partial charge >= 0.3 is 0 Å². The van der Waals surface area contributed by atoms with Gasteiger partial charge in [0.2, 0.25) is 0 Å². The average molecular weight is 257 g/mol. The minimum absolute atomic E-state index is 0.130. The van der Waals surface area contributed by atoms with Crippen molar-refractivity contribution in [1.29, 1.82) is 0 Å². The molecule has 4 nitrogen and oxygen atoms in total. The van der Waals surface area contributed by atoms with E-state index in [-0.39, 0.29) is 6.61 Å². The lowest BCUT2D eigenvalue weighted by Crippen LogP contribution is -2.30. The van der Waals surface area contributed by atoms with E-state index in [9.17, 15) is 0 Å². The zero-order valence-electron chi connectivity index (χ0n) is 9.90. The molecule has 0 bridgehead atoms. The Morgan fingerprint density at radius 2 is 2.29 bits per heavy atom. The van der Waals surface area contributed by atoms with Gasteiger partial charge in [0.05, 0.1) is 23.9 Å². The monoisotopic (exact) mass is 256 g/mol. The van der Waals surface area contributed by atoms with E-state index in [1.54, 1.807) is 13.2 Å². The number of rotatable bonds is 6. The largest absolute Gasteiger partial charge is 0.390 e. The van der Waals surface area contributed by atoms with Gasteiger partial charge in [-0.25, -0.2) is 4.98 Å². The molecule has 0 saturated heterocycles. The molecule has 1 aliphatic rings. The molecule has 1 N–H and O–H groups in total. The van der Waals surface area contributed by atoms with Crippen LogP contribution in [0.25, 0.3) is 0 Å². The van der Waals surface area contributed by atoms with E-state index in [0.29, 0.717) is 23.4 Å². The Hall–Kier alpha value is -0.840. The quantitative estimate of drug-likeness (QED) is 0.844. The van der Waals surface area contributed by atoms with E-state index in [1.807, 2.05) is 6.07 Å². The Kier molecular flexibility index (Phi) is 4.20. The fourth-order valence-electron chi connectivity index (χ4n) is 1.80. The van der Waals surface area contributed by atoms with Gasteiger partial charge in [-0.2, -0.15) is 0 Å². The maximum absolute atomic E-state index is 9.16. The maximum atomic E-state index is 9.16. The fourth-order valence-corrected chi connectivity index (χ4v) is 1.97. The number of halogens is 1. The SMILES string of the molecule is COCCN(c1ccc(Cl)c(CO)n1)C1CC1. The number of pyridine rings is 1. The third-order valence-electron chi connectivity index (χ3n) is 2.87. The topological polar surface area (TPSA) is 45.6 Å². The molecule has 1 aromatic rings. The van der Waals surface area contributed by atoms with Crippen LogP contribution in [0.2, 0.25) is 5.02 Å². The summed E-state index contributed by atoms with van der Waals surface area (Å²) in [4.78, 5) is 6.61. The van der Waals surface area contributed by atoms with Crippen LogP contribution in [0.1, 0.15) is 18.5 Å². The van der Waals surface area contributed by atoms with E-state index in [1.165, 1.54) is 12.8 Å². The second-order valence-electron chi connectivity index (χ2n) is 4.17. The molecule has 5 heteroatoms. The first-order valence-electron chi connectivity index (χ1n) is 5.78. The molecule has 0 amide bonds. The fraction of sp³-hybridized carbons (Fsp3) is 0.583. The van der Waals surface area contributed by atoms with Crippen LogP contribution >= 0.6 is 11.6 Å². The van der Waals surface area contributed by atoms with Crippen molar-refractivity contribution < 1.29 is 9.84 Å². The van der Waals surface area contributed by atoms with Crippen molar-refractivity contribution in [3.8, 4) is 0 Å². The van der Waals surface area contributed by atoms with Crippen molar-refractivity contribution in [2.24, 2.45) is 0 Å². The number of aliphatic hydroxyl groups excluding tert-OH is 1. The van der Waals surface area contributed by atoms with Crippen LogP contribution in [-0.2, 0) is 11.3 Å². The molecule has 0 radical (unpaired) electrons.